The second-order valence-corrected chi connectivity index (χ2v) is 10.5. The van der Waals surface area contributed by atoms with Crippen molar-refractivity contribution in [3.8, 4) is 0 Å². The maximum Gasteiger partial charge on any atom is 0.325 e. The number of hydrogen-bond donors (Lipinski definition) is 1. The molecule has 0 saturated heterocycles. The van der Waals surface area contributed by atoms with Crippen LogP contribution in [0, 0.1) is 13.8 Å². The molecule has 0 fully saturated rings. The summed E-state index contributed by atoms with van der Waals surface area (Å²) in [7, 11) is 3.95. The number of nitrogens with zero attached hydrogens (tertiary/aromatic N) is 2. The summed E-state index contributed by atoms with van der Waals surface area (Å²) < 4.78 is 5.09. The van der Waals surface area contributed by atoms with E-state index in [1.165, 1.54) is 16.7 Å². The molecule has 0 aliphatic heterocycles. The average molecular weight is 568 g/mol. The summed E-state index contributed by atoms with van der Waals surface area (Å²) in [6.07, 6.45) is 1.92. The monoisotopic (exact) mass is 567 g/mol. The van der Waals surface area contributed by atoms with Gasteiger partial charge in [0.05, 0.1) is 12.6 Å². The van der Waals surface area contributed by atoms with Crippen LogP contribution in [0.4, 0.5) is 11.4 Å². The largest absolute Gasteiger partial charge is 0.462 e. The number of ether oxygens (including phenoxy) is 1. The van der Waals surface area contributed by atoms with Crippen LogP contribution in [0.3, 0.4) is 0 Å². The van der Waals surface area contributed by atoms with Gasteiger partial charge in [0.1, 0.15) is 6.54 Å². The lowest BCUT2D eigenvalue weighted by Gasteiger charge is -2.23. The highest BCUT2D eigenvalue weighted by Gasteiger charge is 2.10. The van der Waals surface area contributed by atoms with Gasteiger partial charge >= 0.3 is 5.97 Å². The first-order valence-electron chi connectivity index (χ1n) is 14.2. The van der Waals surface area contributed by atoms with Crippen LogP contribution in [0.1, 0.15) is 37.0 Å². The predicted octanol–water partition coefficient (Wildman–Crippen LogP) is 8.34. The standard InChI is InChI=1S/C21H26N2.C13H19NO2.C3H4/c1-17-9-8-12-21(15-17)22-18(2)16-23(4)19(3)13-14-20-10-6-5-7-11-20;1-10(2)16-13(15)9-14(4)12-7-5-6-11(3)8-12;1-3-2/h5-12,15,22H,2-3,13-14,16H2,1,4H3;5-8,10H,9H2,1-4H3;1-2H2. The molecule has 224 valence electrons. The van der Waals surface area contributed by atoms with E-state index < -0.39 is 0 Å². The van der Waals surface area contributed by atoms with Crippen molar-refractivity contribution in [2.75, 3.05) is 37.4 Å². The van der Waals surface area contributed by atoms with Gasteiger partial charge in [0.15, 0.2) is 0 Å². The number of hydrogen-bond acceptors (Lipinski definition) is 5. The van der Waals surface area contributed by atoms with Gasteiger partial charge in [-0.15, -0.1) is 5.73 Å². The molecule has 0 heterocycles. The Morgan fingerprint density at radius 2 is 1.48 bits per heavy atom. The number of nitrogens with one attached hydrogen (secondary N) is 1. The molecule has 0 bridgehead atoms. The zero-order valence-corrected chi connectivity index (χ0v) is 26.5. The lowest BCUT2D eigenvalue weighted by atomic mass is 10.1. The van der Waals surface area contributed by atoms with Crippen LogP contribution in [-0.4, -0.2) is 44.2 Å². The third-order valence-electron chi connectivity index (χ3n) is 6.03. The zero-order valence-electron chi connectivity index (χ0n) is 26.5. The summed E-state index contributed by atoms with van der Waals surface area (Å²) in [6.45, 7) is 23.4. The van der Waals surface area contributed by atoms with E-state index in [0.717, 1.165) is 42.2 Å². The average Bonchev–Trinajstić information content (AvgIpc) is 2.92. The lowest BCUT2D eigenvalue weighted by molar-refractivity contribution is -0.145. The van der Waals surface area contributed by atoms with Crippen molar-refractivity contribution in [2.24, 2.45) is 0 Å². The van der Waals surface area contributed by atoms with E-state index >= 15 is 0 Å². The molecule has 0 aliphatic rings. The summed E-state index contributed by atoms with van der Waals surface area (Å²) in [5.74, 6) is -0.195. The Bertz CT molecular complexity index is 1290. The van der Waals surface area contributed by atoms with Crippen LogP contribution in [0.5, 0.6) is 0 Å². The molecule has 0 saturated carbocycles. The smallest absolute Gasteiger partial charge is 0.325 e. The highest BCUT2D eigenvalue weighted by atomic mass is 16.5. The second kappa shape index (κ2) is 19.6. The third kappa shape index (κ3) is 15.4. The SMILES string of the molecule is C=C(CN(C)C(=C)CCc1ccccc1)Nc1cccc(C)c1.C=C=C.Cc1cccc(N(C)CC(=O)OC(C)C)c1. The summed E-state index contributed by atoms with van der Waals surface area (Å²) in [6, 6.07) is 26.9. The predicted molar refractivity (Wildman–Crippen MR) is 181 cm³/mol. The molecule has 5 heteroatoms. The van der Waals surface area contributed by atoms with E-state index in [2.05, 4.69) is 98.7 Å². The molecule has 0 spiro atoms. The maximum atomic E-state index is 11.5. The molecule has 5 nitrogen and oxygen atoms in total. The molecule has 3 aromatic rings. The van der Waals surface area contributed by atoms with Crippen molar-refractivity contribution in [3.05, 3.63) is 139 Å². The lowest BCUT2D eigenvalue weighted by Crippen LogP contribution is -2.28. The summed E-state index contributed by atoms with van der Waals surface area (Å²) in [4.78, 5) is 15.5. The van der Waals surface area contributed by atoms with Crippen LogP contribution in [0.2, 0.25) is 0 Å². The van der Waals surface area contributed by atoms with E-state index in [1.54, 1.807) is 0 Å². The van der Waals surface area contributed by atoms with Gasteiger partial charge in [-0.3, -0.25) is 4.79 Å². The molecule has 3 rings (SSSR count). The highest BCUT2D eigenvalue weighted by Crippen LogP contribution is 2.16. The quantitative estimate of drug-likeness (QED) is 0.176. The maximum absolute atomic E-state index is 11.5. The fourth-order valence-electron chi connectivity index (χ4n) is 3.94. The molecule has 0 atom stereocenters. The van der Waals surface area contributed by atoms with E-state index in [1.807, 2.05) is 69.1 Å². The third-order valence-corrected chi connectivity index (χ3v) is 6.03. The number of benzene rings is 3. The Morgan fingerprint density at radius 3 is 2.05 bits per heavy atom. The van der Waals surface area contributed by atoms with E-state index in [0.29, 0.717) is 0 Å². The van der Waals surface area contributed by atoms with Gasteiger partial charge in [0, 0.05) is 36.9 Å². The van der Waals surface area contributed by atoms with E-state index in [9.17, 15) is 4.79 Å². The van der Waals surface area contributed by atoms with Gasteiger partial charge in [-0.25, -0.2) is 0 Å². The topological polar surface area (TPSA) is 44.8 Å². The fourth-order valence-corrected chi connectivity index (χ4v) is 3.94. The first-order chi connectivity index (χ1) is 19.9. The Hall–Kier alpha value is -4.47. The van der Waals surface area contributed by atoms with Crippen molar-refractivity contribution in [2.45, 2.75) is 46.6 Å². The Balaban J connectivity index is 0.000000405. The Kier molecular flexibility index (Phi) is 16.6. The van der Waals surface area contributed by atoms with Gasteiger partial charge in [0.25, 0.3) is 0 Å². The number of rotatable bonds is 12. The first-order valence-corrected chi connectivity index (χ1v) is 14.2. The molecule has 0 amide bonds. The molecular formula is C37H49N3O2. The van der Waals surface area contributed by atoms with Crippen LogP contribution < -0.4 is 10.2 Å². The number of carbonyl (C=O) groups is 1. The minimum Gasteiger partial charge on any atom is -0.462 e. The van der Waals surface area contributed by atoms with Crippen LogP contribution >= 0.6 is 0 Å². The number of likely N-dealkylation sites (N-methyl/N-ethyl adjacent to an activating group) is 2. The Morgan fingerprint density at radius 1 is 0.881 bits per heavy atom. The molecule has 1 N–H and O–H groups in total. The highest BCUT2D eigenvalue weighted by molar-refractivity contribution is 5.75. The second-order valence-electron chi connectivity index (χ2n) is 10.5. The van der Waals surface area contributed by atoms with Crippen LogP contribution in [0.25, 0.3) is 0 Å². The molecule has 0 radical (unpaired) electrons. The normalized spacial score (nSPS) is 9.69. The summed E-state index contributed by atoms with van der Waals surface area (Å²) in [5, 5.41) is 3.37. The van der Waals surface area contributed by atoms with Gasteiger partial charge in [-0.2, -0.15) is 0 Å². The molecule has 0 unspecified atom stereocenters. The van der Waals surface area contributed by atoms with E-state index in [-0.39, 0.29) is 18.6 Å². The number of aryl methyl sites for hydroxylation is 3. The molecule has 0 aliphatic carbocycles. The number of carbonyl (C=O) groups excluding carboxylic acids is 1. The minimum absolute atomic E-state index is 0.0570. The minimum atomic E-state index is -0.195. The van der Waals surface area contributed by atoms with Crippen molar-refractivity contribution in [1.29, 1.82) is 0 Å². The Labute approximate surface area is 254 Å². The van der Waals surface area contributed by atoms with Crippen LogP contribution in [-0.2, 0) is 16.0 Å². The molecular weight excluding hydrogens is 518 g/mol. The summed E-state index contributed by atoms with van der Waals surface area (Å²) in [5.41, 5.74) is 10.2. The molecule has 3 aromatic carbocycles. The van der Waals surface area contributed by atoms with Gasteiger partial charge < -0.3 is 19.9 Å². The van der Waals surface area contributed by atoms with Crippen molar-refractivity contribution in [3.63, 3.8) is 0 Å². The van der Waals surface area contributed by atoms with Crippen molar-refractivity contribution >= 4 is 17.3 Å². The summed E-state index contributed by atoms with van der Waals surface area (Å²) >= 11 is 0. The van der Waals surface area contributed by atoms with Crippen molar-refractivity contribution in [1.82, 2.24) is 4.90 Å². The number of anilines is 2. The van der Waals surface area contributed by atoms with Gasteiger partial charge in [0.2, 0.25) is 0 Å². The zero-order chi connectivity index (χ0) is 31.5. The number of allylic oxidation sites excluding steroid dienone is 1. The van der Waals surface area contributed by atoms with Gasteiger partial charge in [-0.05, 0) is 81.5 Å². The van der Waals surface area contributed by atoms with Crippen molar-refractivity contribution < 1.29 is 9.53 Å². The number of esters is 1. The van der Waals surface area contributed by atoms with Crippen LogP contribution in [0.15, 0.2) is 122 Å². The first kappa shape index (κ1) is 35.6. The van der Waals surface area contributed by atoms with E-state index in [4.69, 9.17) is 4.74 Å². The molecule has 0 aromatic heterocycles. The fraction of sp³-hybridized carbons (Fsp3) is 0.297. The molecule has 42 heavy (non-hydrogen) atoms. The van der Waals surface area contributed by atoms with Gasteiger partial charge in [-0.1, -0.05) is 80.9 Å².